The van der Waals surface area contributed by atoms with Crippen molar-refractivity contribution >= 4 is 40.6 Å². The molecular weight excluding hydrogens is 414 g/mol. The van der Waals surface area contributed by atoms with Crippen LogP contribution in [0.1, 0.15) is 31.2 Å². The Labute approximate surface area is 184 Å². The van der Waals surface area contributed by atoms with Gasteiger partial charge in [-0.1, -0.05) is 36.4 Å². The van der Waals surface area contributed by atoms with Gasteiger partial charge in [-0.25, -0.2) is 0 Å². The van der Waals surface area contributed by atoms with Crippen LogP contribution in [0.5, 0.6) is 0 Å². The number of nitrogens with one attached hydrogen (secondary N) is 1. The second-order valence-electron chi connectivity index (χ2n) is 6.44. The second kappa shape index (κ2) is 10.6. The van der Waals surface area contributed by atoms with Crippen LogP contribution in [0.4, 0.5) is 5.69 Å². The Hall–Kier alpha value is -3.08. The molecule has 0 fully saturated rings. The maximum Gasteiger partial charge on any atom is 0.268 e. The van der Waals surface area contributed by atoms with Gasteiger partial charge < -0.3 is 10.2 Å². The Morgan fingerprint density at radius 1 is 1.10 bits per heavy atom. The van der Waals surface area contributed by atoms with Crippen LogP contribution in [0.15, 0.2) is 66.0 Å². The van der Waals surface area contributed by atoms with E-state index in [0.717, 1.165) is 11.3 Å². The highest BCUT2D eigenvalue weighted by atomic mass is 32.2. The van der Waals surface area contributed by atoms with Gasteiger partial charge in [0.15, 0.2) is 0 Å². The largest absolute Gasteiger partial charge is 0.351 e. The molecule has 7 heteroatoms. The highest BCUT2D eigenvalue weighted by molar-refractivity contribution is 7.98. The number of rotatable bonds is 8. The lowest BCUT2D eigenvalue weighted by atomic mass is 10.1. The molecule has 5 nitrogen and oxygen atoms in total. The molecule has 0 unspecified atom stereocenters. The van der Waals surface area contributed by atoms with Crippen molar-refractivity contribution < 1.29 is 9.59 Å². The molecule has 3 rings (SSSR count). The van der Waals surface area contributed by atoms with Crippen LogP contribution >= 0.6 is 23.1 Å². The molecule has 2 amide bonds. The summed E-state index contributed by atoms with van der Waals surface area (Å²) in [6, 6.07) is 20.4. The molecule has 3 aromatic rings. The number of amides is 2. The van der Waals surface area contributed by atoms with Crippen LogP contribution in [-0.2, 0) is 5.75 Å². The van der Waals surface area contributed by atoms with E-state index in [0.29, 0.717) is 34.0 Å². The number of anilines is 1. The standard InChI is InChI=1S/C23H21N3O2S2/c1-26(23(28)21-11-6-13-30-21)20-10-5-4-9-19(20)22(27)25-12-14-29-16-18-8-3-2-7-17(18)15-24/h2-11,13H,12,14,16H2,1H3,(H,25,27). The van der Waals surface area contributed by atoms with Crippen molar-refractivity contribution in [3.05, 3.63) is 87.6 Å². The van der Waals surface area contributed by atoms with Gasteiger partial charge in [0.25, 0.3) is 11.8 Å². The fourth-order valence-electron chi connectivity index (χ4n) is 2.90. The molecule has 0 aliphatic rings. The third-order valence-electron chi connectivity index (χ3n) is 4.47. The van der Waals surface area contributed by atoms with Crippen LogP contribution in [0.3, 0.4) is 0 Å². The molecule has 0 saturated heterocycles. The SMILES string of the molecule is CN(C(=O)c1cccs1)c1ccccc1C(=O)NCCSCc1ccccc1C#N. The Morgan fingerprint density at radius 3 is 2.63 bits per heavy atom. The van der Waals surface area contributed by atoms with Gasteiger partial charge in [-0.3, -0.25) is 9.59 Å². The molecule has 30 heavy (non-hydrogen) atoms. The quantitative estimate of drug-likeness (QED) is 0.527. The maximum atomic E-state index is 12.7. The average Bonchev–Trinajstić information content (AvgIpc) is 3.33. The van der Waals surface area contributed by atoms with E-state index >= 15 is 0 Å². The Balaban J connectivity index is 1.56. The van der Waals surface area contributed by atoms with Crippen molar-refractivity contribution in [2.75, 3.05) is 24.2 Å². The van der Waals surface area contributed by atoms with Crippen molar-refractivity contribution in [2.45, 2.75) is 5.75 Å². The Bertz CT molecular complexity index is 1060. The number of para-hydroxylation sites is 1. The molecule has 152 valence electrons. The van der Waals surface area contributed by atoms with Gasteiger partial charge in [0.2, 0.25) is 0 Å². The van der Waals surface area contributed by atoms with Crippen LogP contribution in [-0.4, -0.2) is 31.2 Å². The number of benzene rings is 2. The summed E-state index contributed by atoms with van der Waals surface area (Å²) < 4.78 is 0. The number of hydrogen-bond donors (Lipinski definition) is 1. The van der Waals surface area contributed by atoms with Crippen LogP contribution in [0, 0.1) is 11.3 Å². The summed E-state index contributed by atoms with van der Waals surface area (Å²) in [7, 11) is 1.68. The lowest BCUT2D eigenvalue weighted by Crippen LogP contribution is -2.31. The van der Waals surface area contributed by atoms with Gasteiger partial charge in [0, 0.05) is 25.1 Å². The minimum absolute atomic E-state index is 0.142. The van der Waals surface area contributed by atoms with Gasteiger partial charge in [0.05, 0.1) is 27.8 Å². The second-order valence-corrected chi connectivity index (χ2v) is 8.49. The zero-order chi connectivity index (χ0) is 21.3. The third-order valence-corrected chi connectivity index (χ3v) is 6.34. The van der Waals surface area contributed by atoms with E-state index in [1.54, 1.807) is 43.1 Å². The molecule has 0 aliphatic heterocycles. The van der Waals surface area contributed by atoms with Crippen molar-refractivity contribution in [3.63, 3.8) is 0 Å². The van der Waals surface area contributed by atoms with Crippen molar-refractivity contribution in [3.8, 4) is 6.07 Å². The fourth-order valence-corrected chi connectivity index (χ4v) is 4.46. The number of carbonyl (C=O) groups is 2. The molecule has 0 aliphatic carbocycles. The van der Waals surface area contributed by atoms with E-state index < -0.39 is 0 Å². The number of nitrogens with zero attached hydrogens (tertiary/aromatic N) is 2. The number of hydrogen-bond acceptors (Lipinski definition) is 5. The number of nitriles is 1. The molecule has 0 radical (unpaired) electrons. The first-order valence-corrected chi connectivity index (χ1v) is 11.4. The highest BCUT2D eigenvalue weighted by Crippen LogP contribution is 2.23. The van der Waals surface area contributed by atoms with E-state index in [1.165, 1.54) is 16.2 Å². The predicted molar refractivity (Wildman–Crippen MR) is 123 cm³/mol. The Morgan fingerprint density at radius 2 is 1.87 bits per heavy atom. The van der Waals surface area contributed by atoms with E-state index in [2.05, 4.69) is 11.4 Å². The summed E-state index contributed by atoms with van der Waals surface area (Å²) in [5, 5.41) is 13.9. The molecule has 0 atom stereocenters. The molecule has 1 N–H and O–H groups in total. The average molecular weight is 436 g/mol. The summed E-state index contributed by atoms with van der Waals surface area (Å²) in [6.45, 7) is 0.495. The van der Waals surface area contributed by atoms with Crippen molar-refractivity contribution in [2.24, 2.45) is 0 Å². The van der Waals surface area contributed by atoms with E-state index in [-0.39, 0.29) is 11.8 Å². The molecule has 1 heterocycles. The van der Waals surface area contributed by atoms with Gasteiger partial charge in [0.1, 0.15) is 0 Å². The molecular formula is C23H21N3O2S2. The minimum atomic E-state index is -0.213. The van der Waals surface area contributed by atoms with E-state index in [1.807, 2.05) is 41.8 Å². The van der Waals surface area contributed by atoms with Crippen molar-refractivity contribution in [1.29, 1.82) is 5.26 Å². The summed E-state index contributed by atoms with van der Waals surface area (Å²) >= 11 is 3.03. The summed E-state index contributed by atoms with van der Waals surface area (Å²) in [5.41, 5.74) is 2.71. The number of thiophene rings is 1. The van der Waals surface area contributed by atoms with E-state index in [9.17, 15) is 9.59 Å². The first kappa shape index (κ1) is 21.6. The predicted octanol–water partition coefficient (Wildman–Crippen LogP) is 4.56. The van der Waals surface area contributed by atoms with Crippen LogP contribution in [0.25, 0.3) is 0 Å². The molecule has 0 bridgehead atoms. The molecule has 2 aromatic carbocycles. The summed E-state index contributed by atoms with van der Waals surface area (Å²) in [6.07, 6.45) is 0. The van der Waals surface area contributed by atoms with E-state index in [4.69, 9.17) is 5.26 Å². The smallest absolute Gasteiger partial charge is 0.268 e. The third kappa shape index (κ3) is 5.29. The maximum absolute atomic E-state index is 12.7. The zero-order valence-corrected chi connectivity index (χ0v) is 18.1. The number of carbonyl (C=O) groups excluding carboxylic acids is 2. The normalized spacial score (nSPS) is 10.3. The van der Waals surface area contributed by atoms with Crippen molar-refractivity contribution in [1.82, 2.24) is 5.32 Å². The minimum Gasteiger partial charge on any atom is -0.351 e. The monoisotopic (exact) mass is 435 g/mol. The topological polar surface area (TPSA) is 73.2 Å². The molecule has 0 spiro atoms. The zero-order valence-electron chi connectivity index (χ0n) is 16.5. The lowest BCUT2D eigenvalue weighted by Gasteiger charge is -2.19. The molecule has 1 aromatic heterocycles. The lowest BCUT2D eigenvalue weighted by molar-refractivity contribution is 0.0956. The first-order chi connectivity index (χ1) is 14.6. The van der Waals surface area contributed by atoms with Gasteiger partial charge in [-0.2, -0.15) is 17.0 Å². The number of thioether (sulfide) groups is 1. The highest BCUT2D eigenvalue weighted by Gasteiger charge is 2.19. The van der Waals surface area contributed by atoms with Crippen LogP contribution < -0.4 is 10.2 Å². The first-order valence-electron chi connectivity index (χ1n) is 9.36. The summed E-state index contributed by atoms with van der Waals surface area (Å²) in [4.78, 5) is 27.5. The Kier molecular flexibility index (Phi) is 7.66. The van der Waals surface area contributed by atoms with Crippen LogP contribution in [0.2, 0.25) is 0 Å². The summed E-state index contributed by atoms with van der Waals surface area (Å²) in [5.74, 6) is 1.08. The van der Waals surface area contributed by atoms with Gasteiger partial charge in [-0.05, 0) is 35.2 Å². The van der Waals surface area contributed by atoms with Gasteiger partial charge >= 0.3 is 0 Å². The fraction of sp³-hybridized carbons (Fsp3) is 0.174. The molecule has 0 saturated carbocycles. The van der Waals surface area contributed by atoms with Gasteiger partial charge in [-0.15, -0.1) is 11.3 Å².